The lowest BCUT2D eigenvalue weighted by molar-refractivity contribution is 0.0838. The van der Waals surface area contributed by atoms with Crippen LogP contribution < -0.4 is 11.5 Å². The van der Waals surface area contributed by atoms with Crippen molar-refractivity contribution in [2.24, 2.45) is 23.3 Å². The van der Waals surface area contributed by atoms with Crippen molar-refractivity contribution >= 4 is 0 Å². The van der Waals surface area contributed by atoms with Crippen molar-refractivity contribution in [3.63, 3.8) is 0 Å². The second kappa shape index (κ2) is 14.2. The van der Waals surface area contributed by atoms with Gasteiger partial charge in [0.05, 0.1) is 0 Å². The van der Waals surface area contributed by atoms with Crippen molar-refractivity contribution in [3.05, 3.63) is 0 Å². The molecule has 2 atom stereocenters. The molecule has 0 bridgehead atoms. The van der Waals surface area contributed by atoms with Crippen LogP contribution >= 0.6 is 0 Å². The van der Waals surface area contributed by atoms with Crippen molar-refractivity contribution in [1.29, 1.82) is 0 Å². The van der Waals surface area contributed by atoms with Crippen LogP contribution in [0.25, 0.3) is 0 Å². The predicted octanol–water partition coefficient (Wildman–Crippen LogP) is 0.478. The molecule has 0 saturated carbocycles. The molecule has 116 valence electrons. The first kappa shape index (κ1) is 18.8. The Morgan fingerprint density at radius 3 is 1.47 bits per heavy atom. The Morgan fingerprint density at radius 1 is 0.737 bits per heavy atom. The third-order valence-corrected chi connectivity index (χ3v) is 3.49. The lowest BCUT2D eigenvalue weighted by Crippen LogP contribution is -2.15. The molecule has 0 aliphatic carbocycles. The third kappa shape index (κ3) is 11.3. The van der Waals surface area contributed by atoms with Crippen LogP contribution in [-0.4, -0.2) is 49.7 Å². The highest BCUT2D eigenvalue weighted by Crippen LogP contribution is 2.12. The van der Waals surface area contributed by atoms with Crippen molar-refractivity contribution in [3.8, 4) is 0 Å². The molecule has 0 aromatic carbocycles. The van der Waals surface area contributed by atoms with Crippen LogP contribution in [0.1, 0.15) is 38.5 Å². The van der Waals surface area contributed by atoms with Gasteiger partial charge in [0, 0.05) is 26.4 Å². The molecule has 0 spiro atoms. The van der Waals surface area contributed by atoms with E-state index in [1.165, 1.54) is 0 Å². The van der Waals surface area contributed by atoms with Gasteiger partial charge < -0.3 is 26.4 Å². The van der Waals surface area contributed by atoms with E-state index in [-0.39, 0.29) is 13.2 Å². The van der Waals surface area contributed by atoms with Gasteiger partial charge in [-0.15, -0.1) is 0 Å². The molecule has 0 fully saturated rings. The number of rotatable bonds is 14. The Labute approximate surface area is 117 Å². The van der Waals surface area contributed by atoms with E-state index < -0.39 is 0 Å². The highest BCUT2D eigenvalue weighted by atomic mass is 16.5. The van der Waals surface area contributed by atoms with Crippen molar-refractivity contribution in [2.75, 3.05) is 39.5 Å². The summed E-state index contributed by atoms with van der Waals surface area (Å²) in [6.45, 7) is 3.11. The zero-order valence-corrected chi connectivity index (χ0v) is 12.1. The fourth-order valence-corrected chi connectivity index (χ4v) is 2.07. The van der Waals surface area contributed by atoms with E-state index in [1.807, 2.05) is 0 Å². The van der Waals surface area contributed by atoms with Crippen molar-refractivity contribution < 1.29 is 14.9 Å². The molecule has 19 heavy (non-hydrogen) atoms. The lowest BCUT2D eigenvalue weighted by atomic mass is 10.0. The maximum Gasteiger partial charge on any atom is 0.0469 e. The predicted molar refractivity (Wildman–Crippen MR) is 77.8 cm³/mol. The Morgan fingerprint density at radius 2 is 1.16 bits per heavy atom. The molecule has 0 amide bonds. The molecule has 0 heterocycles. The number of nitrogens with two attached hydrogens (primary N) is 2. The molecule has 0 rings (SSSR count). The van der Waals surface area contributed by atoms with Gasteiger partial charge in [0.15, 0.2) is 0 Å². The van der Waals surface area contributed by atoms with E-state index in [2.05, 4.69) is 0 Å². The third-order valence-electron chi connectivity index (χ3n) is 3.49. The van der Waals surface area contributed by atoms with E-state index in [0.29, 0.717) is 38.1 Å². The molecular formula is C14H32N2O3. The molecule has 5 heteroatoms. The Balaban J connectivity index is 3.50. The minimum Gasteiger partial charge on any atom is -0.396 e. The first-order chi connectivity index (χ1) is 9.28. The summed E-state index contributed by atoms with van der Waals surface area (Å²) in [6, 6.07) is 0. The van der Waals surface area contributed by atoms with Crippen LogP contribution in [0.2, 0.25) is 0 Å². The van der Waals surface area contributed by atoms with Gasteiger partial charge in [-0.3, -0.25) is 0 Å². The minimum absolute atomic E-state index is 0.207. The normalized spacial score (nSPS) is 14.5. The van der Waals surface area contributed by atoms with E-state index in [0.717, 1.165) is 38.5 Å². The standard InChI is InChI=1S/C14H32N2O3/c15-7-1-3-13(11-17)5-9-19-10-6-14(12-18)4-2-8-16/h13-14,17-18H,1-12,15-16H2. The monoisotopic (exact) mass is 276 g/mol. The van der Waals surface area contributed by atoms with E-state index in [9.17, 15) is 10.2 Å². The maximum atomic E-state index is 9.19. The molecule has 6 N–H and O–H groups in total. The molecular weight excluding hydrogens is 244 g/mol. The van der Waals surface area contributed by atoms with Crippen molar-refractivity contribution in [1.82, 2.24) is 0 Å². The first-order valence-corrected chi connectivity index (χ1v) is 7.48. The molecule has 0 aliphatic rings. The zero-order chi connectivity index (χ0) is 14.3. The number of aliphatic hydroxyl groups excluding tert-OH is 2. The molecule has 0 radical (unpaired) electrons. The Hall–Kier alpha value is -0.200. The Bertz CT molecular complexity index is 164. The summed E-state index contributed by atoms with van der Waals surface area (Å²) in [6.07, 6.45) is 5.60. The van der Waals surface area contributed by atoms with Gasteiger partial charge in [-0.2, -0.15) is 0 Å². The van der Waals surface area contributed by atoms with Crippen LogP contribution in [0, 0.1) is 11.8 Å². The molecule has 0 aromatic rings. The SMILES string of the molecule is NCCCC(CO)CCOCCC(CO)CCCN. The molecule has 5 nitrogen and oxygen atoms in total. The first-order valence-electron chi connectivity index (χ1n) is 7.48. The highest BCUT2D eigenvalue weighted by Gasteiger charge is 2.09. The molecule has 0 aliphatic heterocycles. The second-order valence-corrected chi connectivity index (χ2v) is 5.15. The average molecular weight is 276 g/mol. The van der Waals surface area contributed by atoms with Crippen LogP contribution in [0.15, 0.2) is 0 Å². The van der Waals surface area contributed by atoms with Gasteiger partial charge in [0.1, 0.15) is 0 Å². The van der Waals surface area contributed by atoms with Gasteiger partial charge in [0.25, 0.3) is 0 Å². The van der Waals surface area contributed by atoms with Gasteiger partial charge in [-0.25, -0.2) is 0 Å². The van der Waals surface area contributed by atoms with Crippen LogP contribution in [0.3, 0.4) is 0 Å². The van der Waals surface area contributed by atoms with Crippen LogP contribution in [-0.2, 0) is 4.74 Å². The topological polar surface area (TPSA) is 102 Å². The van der Waals surface area contributed by atoms with Gasteiger partial charge in [-0.1, -0.05) is 0 Å². The van der Waals surface area contributed by atoms with Gasteiger partial charge >= 0.3 is 0 Å². The smallest absolute Gasteiger partial charge is 0.0469 e. The minimum atomic E-state index is 0.207. The Kier molecular flexibility index (Phi) is 14.1. The fraction of sp³-hybridized carbons (Fsp3) is 1.00. The van der Waals surface area contributed by atoms with E-state index >= 15 is 0 Å². The number of ether oxygens (including phenoxy) is 1. The summed E-state index contributed by atoms with van der Waals surface area (Å²) in [5.41, 5.74) is 10.9. The molecule has 0 saturated heterocycles. The van der Waals surface area contributed by atoms with Crippen LogP contribution in [0.4, 0.5) is 0 Å². The average Bonchev–Trinajstić information content (AvgIpc) is 2.45. The second-order valence-electron chi connectivity index (χ2n) is 5.15. The summed E-state index contributed by atoms with van der Waals surface area (Å²) in [7, 11) is 0. The van der Waals surface area contributed by atoms with Crippen molar-refractivity contribution in [2.45, 2.75) is 38.5 Å². The summed E-state index contributed by atoms with van der Waals surface area (Å²) in [5.74, 6) is 0.601. The highest BCUT2D eigenvalue weighted by molar-refractivity contribution is 4.60. The molecule has 0 aromatic heterocycles. The summed E-state index contributed by atoms with van der Waals surface area (Å²) in [5, 5.41) is 18.4. The number of hydrogen-bond donors (Lipinski definition) is 4. The largest absolute Gasteiger partial charge is 0.396 e. The van der Waals surface area contributed by atoms with E-state index in [1.54, 1.807) is 0 Å². The van der Waals surface area contributed by atoms with Gasteiger partial charge in [0.2, 0.25) is 0 Å². The lowest BCUT2D eigenvalue weighted by Gasteiger charge is -2.15. The maximum absolute atomic E-state index is 9.19. The molecule has 2 unspecified atom stereocenters. The fourth-order valence-electron chi connectivity index (χ4n) is 2.07. The van der Waals surface area contributed by atoms with Gasteiger partial charge in [-0.05, 0) is 63.5 Å². The number of aliphatic hydroxyl groups is 2. The zero-order valence-electron chi connectivity index (χ0n) is 12.1. The van der Waals surface area contributed by atoms with E-state index in [4.69, 9.17) is 16.2 Å². The summed E-state index contributed by atoms with van der Waals surface area (Å²) in [4.78, 5) is 0. The number of hydrogen-bond acceptors (Lipinski definition) is 5. The summed E-state index contributed by atoms with van der Waals surface area (Å²) < 4.78 is 5.57. The van der Waals surface area contributed by atoms with Crippen LogP contribution in [0.5, 0.6) is 0 Å². The quantitative estimate of drug-likeness (QED) is 0.346. The summed E-state index contributed by atoms with van der Waals surface area (Å²) >= 11 is 0.